The fourth-order valence-corrected chi connectivity index (χ4v) is 4.39. The summed E-state index contributed by atoms with van der Waals surface area (Å²) in [6.07, 6.45) is 16.3. The van der Waals surface area contributed by atoms with Crippen LogP contribution in [0.15, 0.2) is 33.9 Å². The molecule has 0 aliphatic heterocycles. The number of thioether (sulfide) groups is 1. The van der Waals surface area contributed by atoms with Gasteiger partial charge in [0.05, 0.1) is 5.88 Å². The van der Waals surface area contributed by atoms with Crippen LogP contribution in [0.1, 0.15) is 90.9 Å². The van der Waals surface area contributed by atoms with E-state index in [1.165, 1.54) is 90.1 Å². The van der Waals surface area contributed by atoms with E-state index in [0.717, 1.165) is 22.2 Å². The van der Waals surface area contributed by atoms with Gasteiger partial charge in [-0.25, -0.2) is 4.98 Å². The average molecular weight is 405 g/mol. The number of rotatable bonds is 17. The Balaban J connectivity index is 1.73. The van der Waals surface area contributed by atoms with Crippen LogP contribution < -0.4 is 0 Å². The molecule has 0 fully saturated rings. The molecule has 28 heavy (non-hydrogen) atoms. The summed E-state index contributed by atoms with van der Waals surface area (Å²) in [5, 5.41) is 0.803. The molecule has 0 N–H and O–H groups in total. The Kier molecular flexibility index (Phi) is 12.4. The lowest BCUT2D eigenvalue weighted by molar-refractivity contribution is 0.301. The molecule has 0 aliphatic carbocycles. The number of hydrogen-bond donors (Lipinski definition) is 0. The Morgan fingerprint density at radius 3 is 1.96 bits per heavy atom. The van der Waals surface area contributed by atoms with Crippen LogP contribution in [0.4, 0.5) is 0 Å². The van der Waals surface area contributed by atoms with Crippen molar-refractivity contribution < 1.29 is 4.42 Å². The smallest absolute Gasteiger partial charge is 0.258 e. The molecule has 2 rings (SSSR count). The molecule has 158 valence electrons. The predicted octanol–water partition coefficient (Wildman–Crippen LogP) is 7.90. The Bertz CT molecular complexity index is 579. The fraction of sp³-hybridized carbons (Fsp3) is 0.708. The van der Waals surface area contributed by atoms with Crippen LogP contribution in [-0.4, -0.2) is 28.9 Å². The lowest BCUT2D eigenvalue weighted by atomic mass is 10.1. The minimum atomic E-state index is 0.803. The molecule has 0 saturated carbocycles. The van der Waals surface area contributed by atoms with Gasteiger partial charge in [0.25, 0.3) is 5.22 Å². The molecule has 1 heterocycles. The number of fused-ring (bicyclic) bond motifs is 1. The third-order valence-corrected chi connectivity index (χ3v) is 6.22. The van der Waals surface area contributed by atoms with E-state index in [1.807, 2.05) is 24.3 Å². The van der Waals surface area contributed by atoms with Gasteiger partial charge in [0, 0.05) is 0 Å². The van der Waals surface area contributed by atoms with E-state index in [2.05, 4.69) is 23.7 Å². The Morgan fingerprint density at radius 2 is 1.36 bits per heavy atom. The largest absolute Gasteiger partial charge is 0.431 e. The van der Waals surface area contributed by atoms with Gasteiger partial charge in [0.15, 0.2) is 5.58 Å². The molecule has 0 spiro atoms. The average Bonchev–Trinajstić information content (AvgIpc) is 3.13. The third-order valence-electron chi connectivity index (χ3n) is 5.30. The highest BCUT2D eigenvalue weighted by Crippen LogP contribution is 2.24. The number of nitrogens with zero attached hydrogens (tertiary/aromatic N) is 2. The molecule has 0 radical (unpaired) electrons. The molecule has 2 aromatic rings. The van der Waals surface area contributed by atoms with E-state index >= 15 is 0 Å². The van der Waals surface area contributed by atoms with Gasteiger partial charge in [0.2, 0.25) is 0 Å². The summed E-state index contributed by atoms with van der Waals surface area (Å²) in [5.41, 5.74) is 1.85. The Labute approximate surface area is 176 Å². The first-order valence-electron chi connectivity index (χ1n) is 11.5. The van der Waals surface area contributed by atoms with Crippen molar-refractivity contribution in [1.82, 2.24) is 9.88 Å². The van der Waals surface area contributed by atoms with Crippen LogP contribution >= 0.6 is 11.8 Å². The summed E-state index contributed by atoms with van der Waals surface area (Å²) in [6.45, 7) is 6.97. The number of benzene rings is 1. The van der Waals surface area contributed by atoms with E-state index in [4.69, 9.17) is 4.42 Å². The zero-order chi connectivity index (χ0) is 19.9. The number of hydrogen-bond acceptors (Lipinski definition) is 4. The topological polar surface area (TPSA) is 29.3 Å². The maximum Gasteiger partial charge on any atom is 0.258 e. The minimum Gasteiger partial charge on any atom is -0.431 e. The van der Waals surface area contributed by atoms with Crippen LogP contribution in [0.3, 0.4) is 0 Å². The number of aromatic nitrogens is 1. The van der Waals surface area contributed by atoms with E-state index in [9.17, 15) is 0 Å². The van der Waals surface area contributed by atoms with Gasteiger partial charge in [-0.05, 0) is 38.1 Å². The van der Waals surface area contributed by atoms with E-state index in [1.54, 1.807) is 11.8 Å². The van der Waals surface area contributed by atoms with Crippen molar-refractivity contribution in [2.75, 3.05) is 19.0 Å². The fourth-order valence-electron chi connectivity index (χ4n) is 3.53. The van der Waals surface area contributed by atoms with Crippen LogP contribution in [0.25, 0.3) is 11.1 Å². The van der Waals surface area contributed by atoms with Gasteiger partial charge < -0.3 is 4.42 Å². The number of unbranched alkanes of at least 4 members (excludes halogenated alkanes) is 10. The monoisotopic (exact) mass is 404 g/mol. The third kappa shape index (κ3) is 9.47. The molecule has 3 nitrogen and oxygen atoms in total. The van der Waals surface area contributed by atoms with Crippen molar-refractivity contribution in [3.8, 4) is 0 Å². The van der Waals surface area contributed by atoms with Gasteiger partial charge in [-0.15, -0.1) is 0 Å². The Hall–Kier alpha value is -1.00. The lowest BCUT2D eigenvalue weighted by Gasteiger charge is -2.21. The van der Waals surface area contributed by atoms with Crippen LogP contribution in [-0.2, 0) is 0 Å². The van der Waals surface area contributed by atoms with E-state index < -0.39 is 0 Å². The minimum absolute atomic E-state index is 0.803. The highest BCUT2D eigenvalue weighted by molar-refractivity contribution is 7.99. The van der Waals surface area contributed by atoms with Gasteiger partial charge >= 0.3 is 0 Å². The maximum atomic E-state index is 5.88. The molecular weight excluding hydrogens is 364 g/mol. The highest BCUT2D eigenvalue weighted by Gasteiger charge is 2.10. The lowest BCUT2D eigenvalue weighted by Crippen LogP contribution is -2.25. The molecule has 0 aliphatic rings. The summed E-state index contributed by atoms with van der Waals surface area (Å²) in [7, 11) is 0. The quantitative estimate of drug-likeness (QED) is 0.152. The Morgan fingerprint density at radius 1 is 0.786 bits per heavy atom. The van der Waals surface area contributed by atoms with Crippen molar-refractivity contribution >= 4 is 22.9 Å². The van der Waals surface area contributed by atoms with Gasteiger partial charge in [-0.3, -0.25) is 4.90 Å². The second-order valence-corrected chi connectivity index (χ2v) is 8.77. The second-order valence-electron chi connectivity index (χ2n) is 7.87. The summed E-state index contributed by atoms with van der Waals surface area (Å²) in [6, 6.07) is 8.04. The van der Waals surface area contributed by atoms with Crippen molar-refractivity contribution in [3.63, 3.8) is 0 Å². The first-order valence-corrected chi connectivity index (χ1v) is 12.5. The summed E-state index contributed by atoms with van der Waals surface area (Å²) in [5.74, 6) is 0.983. The number of oxazole rings is 1. The predicted molar refractivity (Wildman–Crippen MR) is 123 cm³/mol. The van der Waals surface area contributed by atoms with Crippen LogP contribution in [0.5, 0.6) is 0 Å². The first-order chi connectivity index (χ1) is 13.8. The summed E-state index contributed by atoms with van der Waals surface area (Å²) in [4.78, 5) is 7.22. The zero-order valence-corrected chi connectivity index (χ0v) is 18.9. The summed E-state index contributed by atoms with van der Waals surface area (Å²) >= 11 is 1.75. The normalized spacial score (nSPS) is 11.7. The van der Waals surface area contributed by atoms with Crippen molar-refractivity contribution in [2.24, 2.45) is 0 Å². The molecule has 0 amide bonds. The first kappa shape index (κ1) is 23.3. The van der Waals surface area contributed by atoms with E-state index in [-0.39, 0.29) is 0 Å². The van der Waals surface area contributed by atoms with Crippen molar-refractivity contribution in [2.45, 2.75) is 96.1 Å². The van der Waals surface area contributed by atoms with Crippen LogP contribution in [0.2, 0.25) is 0 Å². The molecule has 1 aromatic heterocycles. The van der Waals surface area contributed by atoms with E-state index in [0.29, 0.717) is 0 Å². The molecule has 0 bridgehead atoms. The molecular formula is C24H40N2OS. The second kappa shape index (κ2) is 14.9. The molecule has 1 aromatic carbocycles. The van der Waals surface area contributed by atoms with Crippen LogP contribution in [0, 0.1) is 0 Å². The zero-order valence-electron chi connectivity index (χ0n) is 18.1. The highest BCUT2D eigenvalue weighted by atomic mass is 32.2. The maximum absolute atomic E-state index is 5.88. The summed E-state index contributed by atoms with van der Waals surface area (Å²) < 4.78 is 5.88. The standard InChI is InChI=1S/C24H40N2OS/c1-3-5-7-9-11-15-19-26(20-16-12-10-8-6-4-2)21-28-24-25-22-17-13-14-18-23(22)27-24/h13-14,17-18H,3-12,15-16,19-21H2,1-2H3. The molecule has 4 heteroatoms. The molecule has 0 atom stereocenters. The van der Waals surface area contributed by atoms with Gasteiger partial charge in [-0.1, -0.05) is 102 Å². The van der Waals surface area contributed by atoms with Gasteiger partial charge in [-0.2, -0.15) is 0 Å². The molecule has 0 saturated heterocycles. The SMILES string of the molecule is CCCCCCCCN(CCCCCCCC)CSc1nc2ccccc2o1. The van der Waals surface area contributed by atoms with Crippen molar-refractivity contribution in [3.05, 3.63) is 24.3 Å². The molecule has 0 unspecified atom stereocenters. The van der Waals surface area contributed by atoms with Gasteiger partial charge in [0.1, 0.15) is 5.52 Å². The van der Waals surface area contributed by atoms with Crippen molar-refractivity contribution in [1.29, 1.82) is 0 Å². The number of para-hydroxylation sites is 2.